The number of carbonyl (C=O) groups is 2. The maximum atomic E-state index is 13.7. The molecular weight excluding hydrogens is 460 g/mol. The first-order valence-corrected chi connectivity index (χ1v) is 11.9. The van der Waals surface area contributed by atoms with E-state index in [1.54, 1.807) is 37.3 Å². The molecule has 0 saturated carbocycles. The number of hydrogen-bond acceptors (Lipinski definition) is 7. The molecule has 1 atom stereocenters. The molecule has 0 fully saturated rings. The zero-order valence-corrected chi connectivity index (χ0v) is 19.7. The minimum Gasteiger partial charge on any atom is -0.497 e. The number of esters is 1. The Kier molecular flexibility index (Phi) is 6.45. The van der Waals surface area contributed by atoms with Gasteiger partial charge in [0, 0.05) is 17.8 Å². The zero-order valence-electron chi connectivity index (χ0n) is 18.9. The van der Waals surface area contributed by atoms with Crippen LogP contribution in [0.1, 0.15) is 21.7 Å². The van der Waals surface area contributed by atoms with Crippen molar-refractivity contribution >= 4 is 27.6 Å². The molecular formula is C24H24N2O7S. The van der Waals surface area contributed by atoms with Gasteiger partial charge in [0.1, 0.15) is 11.8 Å². The number of nitrogens with zero attached hydrogens (tertiary/aromatic N) is 2. The first-order chi connectivity index (χ1) is 16.3. The van der Waals surface area contributed by atoms with E-state index < -0.39 is 27.9 Å². The fraction of sp³-hybridized carbons (Fsp3) is 0.250. The van der Waals surface area contributed by atoms with Crippen molar-refractivity contribution in [1.29, 1.82) is 0 Å². The molecule has 0 saturated heterocycles. The second-order valence-electron chi connectivity index (χ2n) is 7.74. The summed E-state index contributed by atoms with van der Waals surface area (Å²) in [7, 11) is -1.49. The molecule has 9 nitrogen and oxygen atoms in total. The molecule has 0 bridgehead atoms. The smallest absolute Gasteiger partial charge is 0.326 e. The van der Waals surface area contributed by atoms with E-state index in [-0.39, 0.29) is 23.7 Å². The lowest BCUT2D eigenvalue weighted by molar-refractivity contribution is -0.144. The number of furan rings is 1. The number of sulfonamides is 1. The minimum absolute atomic E-state index is 0.0126. The summed E-state index contributed by atoms with van der Waals surface area (Å²) in [6.07, 6.45) is 1.41. The summed E-state index contributed by atoms with van der Waals surface area (Å²) in [6, 6.07) is 13.2. The maximum absolute atomic E-state index is 13.7. The molecule has 3 aromatic rings. The zero-order chi connectivity index (χ0) is 24.5. The van der Waals surface area contributed by atoms with Crippen LogP contribution >= 0.6 is 0 Å². The number of benzene rings is 2. The molecule has 10 heteroatoms. The summed E-state index contributed by atoms with van der Waals surface area (Å²) in [6.45, 7) is 1.35. The van der Waals surface area contributed by atoms with Gasteiger partial charge in [0.05, 0.1) is 31.9 Å². The van der Waals surface area contributed by atoms with Crippen molar-refractivity contribution < 1.29 is 31.9 Å². The molecule has 2 aromatic carbocycles. The van der Waals surface area contributed by atoms with Gasteiger partial charge in [-0.2, -0.15) is 4.31 Å². The predicted molar refractivity (Wildman–Crippen MR) is 123 cm³/mol. The Hall–Kier alpha value is -3.63. The fourth-order valence-corrected chi connectivity index (χ4v) is 5.47. The number of methoxy groups -OCH3 is 2. The summed E-state index contributed by atoms with van der Waals surface area (Å²) in [5.41, 5.74) is 1.68. The lowest BCUT2D eigenvalue weighted by Gasteiger charge is -2.29. The quantitative estimate of drug-likeness (QED) is 0.513. The van der Waals surface area contributed by atoms with Crippen molar-refractivity contribution in [3.8, 4) is 5.75 Å². The van der Waals surface area contributed by atoms with E-state index in [4.69, 9.17) is 13.9 Å². The van der Waals surface area contributed by atoms with Crippen LogP contribution < -0.4 is 9.64 Å². The van der Waals surface area contributed by atoms with Crippen LogP contribution in [0.2, 0.25) is 0 Å². The molecule has 178 valence electrons. The van der Waals surface area contributed by atoms with E-state index in [1.165, 1.54) is 49.6 Å². The summed E-state index contributed by atoms with van der Waals surface area (Å²) in [5, 5.41) is 0. The van der Waals surface area contributed by atoms with Gasteiger partial charge in [-0.25, -0.2) is 8.42 Å². The van der Waals surface area contributed by atoms with Crippen molar-refractivity contribution in [1.82, 2.24) is 4.31 Å². The SMILES string of the molecule is COC(=O)C1CN(C(=O)c2occc2C)c2ccccc2CN1S(=O)(=O)c1ccc(OC)cc1. The van der Waals surface area contributed by atoms with Gasteiger partial charge in [-0.1, -0.05) is 18.2 Å². The van der Waals surface area contributed by atoms with Crippen LogP contribution in [0.3, 0.4) is 0 Å². The second-order valence-corrected chi connectivity index (χ2v) is 9.63. The van der Waals surface area contributed by atoms with E-state index in [0.29, 0.717) is 22.6 Å². The van der Waals surface area contributed by atoms with Crippen LogP contribution in [-0.4, -0.2) is 51.4 Å². The van der Waals surface area contributed by atoms with E-state index in [1.807, 2.05) is 0 Å². The molecule has 0 spiro atoms. The van der Waals surface area contributed by atoms with Crippen molar-refractivity contribution in [3.05, 3.63) is 77.7 Å². The van der Waals surface area contributed by atoms with Crippen LogP contribution in [0.4, 0.5) is 5.69 Å². The van der Waals surface area contributed by atoms with Gasteiger partial charge < -0.3 is 18.8 Å². The molecule has 1 aliphatic rings. The third-order valence-electron chi connectivity index (χ3n) is 5.75. The minimum atomic E-state index is -4.15. The van der Waals surface area contributed by atoms with Gasteiger partial charge in [-0.3, -0.25) is 9.59 Å². The van der Waals surface area contributed by atoms with Crippen molar-refractivity contribution in [2.24, 2.45) is 0 Å². The number of aryl methyl sites for hydroxylation is 1. The highest BCUT2D eigenvalue weighted by molar-refractivity contribution is 7.89. The highest BCUT2D eigenvalue weighted by atomic mass is 32.2. The summed E-state index contributed by atoms with van der Waals surface area (Å²) < 4.78 is 43.9. The second kappa shape index (κ2) is 9.32. The van der Waals surface area contributed by atoms with E-state index in [0.717, 1.165) is 4.31 Å². The highest BCUT2D eigenvalue weighted by Crippen LogP contribution is 2.33. The van der Waals surface area contributed by atoms with Gasteiger partial charge in [-0.15, -0.1) is 0 Å². The van der Waals surface area contributed by atoms with E-state index >= 15 is 0 Å². The topological polar surface area (TPSA) is 106 Å². The molecule has 34 heavy (non-hydrogen) atoms. The monoisotopic (exact) mass is 484 g/mol. The van der Waals surface area contributed by atoms with Crippen molar-refractivity contribution in [2.45, 2.75) is 24.4 Å². The summed E-state index contributed by atoms with van der Waals surface area (Å²) >= 11 is 0. The maximum Gasteiger partial charge on any atom is 0.326 e. The Labute approximate surface area is 197 Å². The molecule has 1 amide bonds. The molecule has 0 N–H and O–H groups in total. The molecule has 1 unspecified atom stereocenters. The lowest BCUT2D eigenvalue weighted by Crippen LogP contribution is -2.50. The van der Waals surface area contributed by atoms with Crippen LogP contribution in [-0.2, 0) is 26.1 Å². The van der Waals surface area contributed by atoms with Gasteiger partial charge in [0.2, 0.25) is 10.0 Å². The average Bonchev–Trinajstić information content (AvgIpc) is 3.20. The molecule has 1 aromatic heterocycles. The van der Waals surface area contributed by atoms with Crippen LogP contribution in [0.5, 0.6) is 5.75 Å². The molecule has 0 aliphatic carbocycles. The number of fused-ring (bicyclic) bond motifs is 1. The number of hydrogen-bond donors (Lipinski definition) is 0. The standard InChI is InChI=1S/C24H24N2O7S/c1-16-12-13-33-22(16)23(27)25-15-21(24(28)32-3)26(14-17-6-4-5-7-20(17)25)34(29,30)19-10-8-18(31-2)9-11-19/h4-13,21H,14-15H2,1-3H3. The lowest BCUT2D eigenvalue weighted by atomic mass is 10.1. The Morgan fingerprint density at radius 3 is 2.35 bits per heavy atom. The Bertz CT molecular complexity index is 1320. The van der Waals surface area contributed by atoms with E-state index in [9.17, 15) is 18.0 Å². The van der Waals surface area contributed by atoms with Crippen LogP contribution in [0.25, 0.3) is 0 Å². The number of anilines is 1. The predicted octanol–water partition coefficient (Wildman–Crippen LogP) is 2.99. The normalized spacial score (nSPS) is 16.4. The molecule has 0 radical (unpaired) electrons. The van der Waals surface area contributed by atoms with Crippen molar-refractivity contribution in [3.63, 3.8) is 0 Å². The van der Waals surface area contributed by atoms with Crippen molar-refractivity contribution in [2.75, 3.05) is 25.7 Å². The molecule has 1 aliphatic heterocycles. The van der Waals surface area contributed by atoms with Gasteiger partial charge >= 0.3 is 5.97 Å². The summed E-state index contributed by atoms with van der Waals surface area (Å²) in [4.78, 5) is 27.7. The van der Waals surface area contributed by atoms with Crippen LogP contribution in [0.15, 0.2) is 70.2 Å². The third kappa shape index (κ3) is 4.17. The first-order valence-electron chi connectivity index (χ1n) is 10.5. The number of amides is 1. The van der Waals surface area contributed by atoms with Gasteiger partial charge in [-0.05, 0) is 48.9 Å². The molecule has 2 heterocycles. The van der Waals surface area contributed by atoms with Crippen LogP contribution in [0, 0.1) is 6.92 Å². The first kappa shape index (κ1) is 23.5. The Morgan fingerprint density at radius 1 is 1.03 bits per heavy atom. The third-order valence-corrected chi connectivity index (χ3v) is 7.62. The number of rotatable bonds is 5. The number of carbonyl (C=O) groups excluding carboxylic acids is 2. The number of ether oxygens (including phenoxy) is 2. The Balaban J connectivity index is 1.83. The van der Waals surface area contributed by atoms with Gasteiger partial charge in [0.15, 0.2) is 5.76 Å². The molecule has 4 rings (SSSR count). The largest absolute Gasteiger partial charge is 0.497 e. The van der Waals surface area contributed by atoms with E-state index in [2.05, 4.69) is 0 Å². The summed E-state index contributed by atoms with van der Waals surface area (Å²) in [5.74, 6) is -0.647. The average molecular weight is 485 g/mol. The Morgan fingerprint density at radius 2 is 1.74 bits per heavy atom. The number of para-hydroxylation sites is 1. The van der Waals surface area contributed by atoms with Gasteiger partial charge in [0.25, 0.3) is 5.91 Å². The fourth-order valence-electron chi connectivity index (χ4n) is 3.92. The highest BCUT2D eigenvalue weighted by Gasteiger charge is 2.42.